The molecule has 3 heteroatoms. The van der Waals surface area contributed by atoms with Crippen LogP contribution in [0, 0.1) is 0 Å². The topological polar surface area (TPSA) is 27.7 Å². The summed E-state index contributed by atoms with van der Waals surface area (Å²) < 4.78 is 16.2. The van der Waals surface area contributed by atoms with E-state index in [-0.39, 0.29) is 0 Å². The summed E-state index contributed by atoms with van der Waals surface area (Å²) in [4.78, 5) is 0. The highest BCUT2D eigenvalue weighted by Gasteiger charge is 2.09. The Morgan fingerprint density at radius 2 is 1.60 bits per heavy atom. The van der Waals surface area contributed by atoms with Gasteiger partial charge >= 0.3 is 0 Å². The van der Waals surface area contributed by atoms with E-state index in [1.807, 2.05) is 60.7 Å². The van der Waals surface area contributed by atoms with E-state index in [0.717, 1.165) is 5.56 Å². The molecule has 0 unspecified atom stereocenters. The predicted octanol–water partition coefficient (Wildman–Crippen LogP) is 3.80. The Morgan fingerprint density at radius 1 is 0.850 bits per heavy atom. The van der Waals surface area contributed by atoms with Gasteiger partial charge in [-0.3, -0.25) is 0 Å². The zero-order valence-electron chi connectivity index (χ0n) is 11.7. The number of hydrogen-bond donors (Lipinski definition) is 0. The zero-order chi connectivity index (χ0) is 14.2. The summed E-state index contributed by atoms with van der Waals surface area (Å²) in [6, 6.07) is 15.7. The average molecular weight is 270 g/mol. The van der Waals surface area contributed by atoms with E-state index >= 15 is 0 Å². The largest absolute Gasteiger partial charge is 0.493 e. The van der Waals surface area contributed by atoms with Crippen molar-refractivity contribution in [3.8, 4) is 17.2 Å². The molecule has 0 fully saturated rings. The van der Waals surface area contributed by atoms with Crippen molar-refractivity contribution in [2.45, 2.75) is 0 Å². The molecule has 2 aromatic rings. The van der Waals surface area contributed by atoms with Crippen LogP contribution in [-0.2, 0) is 0 Å². The maximum absolute atomic E-state index is 5.70. The first-order valence-corrected chi connectivity index (χ1v) is 6.40. The smallest absolute Gasteiger partial charge is 0.203 e. The fourth-order valence-corrected chi connectivity index (χ4v) is 1.86. The number of benzene rings is 2. The fraction of sp³-hybridized carbons (Fsp3) is 0.176. The van der Waals surface area contributed by atoms with Gasteiger partial charge in [-0.05, 0) is 23.8 Å². The molecule has 0 heterocycles. The normalized spacial score (nSPS) is 10.5. The van der Waals surface area contributed by atoms with E-state index in [1.54, 1.807) is 14.2 Å². The SMILES string of the molecule is COc1cccc(OCC=Cc2ccccc2)c1OC. The molecule has 0 saturated carbocycles. The zero-order valence-corrected chi connectivity index (χ0v) is 11.7. The number of hydrogen-bond acceptors (Lipinski definition) is 3. The Kier molecular flexibility index (Phi) is 5.07. The minimum Gasteiger partial charge on any atom is -0.493 e. The summed E-state index contributed by atoms with van der Waals surface area (Å²) in [5, 5.41) is 0. The Bertz CT molecular complexity index is 562. The van der Waals surface area contributed by atoms with Crippen molar-refractivity contribution < 1.29 is 14.2 Å². The quantitative estimate of drug-likeness (QED) is 0.799. The van der Waals surface area contributed by atoms with E-state index in [2.05, 4.69) is 0 Å². The van der Waals surface area contributed by atoms with Crippen LogP contribution >= 0.6 is 0 Å². The van der Waals surface area contributed by atoms with Crippen LogP contribution in [0.5, 0.6) is 17.2 Å². The molecular weight excluding hydrogens is 252 g/mol. The summed E-state index contributed by atoms with van der Waals surface area (Å²) in [5.74, 6) is 1.95. The van der Waals surface area contributed by atoms with Crippen molar-refractivity contribution >= 4 is 6.08 Å². The molecule has 104 valence electrons. The van der Waals surface area contributed by atoms with Gasteiger partial charge in [-0.1, -0.05) is 42.5 Å². The first kappa shape index (κ1) is 14.0. The molecule has 0 spiro atoms. The van der Waals surface area contributed by atoms with Crippen molar-refractivity contribution in [1.82, 2.24) is 0 Å². The lowest BCUT2D eigenvalue weighted by atomic mass is 10.2. The second-order valence-corrected chi connectivity index (χ2v) is 4.12. The van der Waals surface area contributed by atoms with Crippen molar-refractivity contribution in [1.29, 1.82) is 0 Å². The van der Waals surface area contributed by atoms with Gasteiger partial charge in [0.2, 0.25) is 5.75 Å². The molecule has 0 bridgehead atoms. The lowest BCUT2D eigenvalue weighted by Gasteiger charge is -2.12. The molecule has 0 saturated heterocycles. The molecule has 3 nitrogen and oxygen atoms in total. The van der Waals surface area contributed by atoms with Gasteiger partial charge in [0.1, 0.15) is 6.61 Å². The Balaban J connectivity index is 1.99. The van der Waals surface area contributed by atoms with Gasteiger partial charge in [0.05, 0.1) is 14.2 Å². The maximum Gasteiger partial charge on any atom is 0.203 e. The molecule has 0 atom stereocenters. The first-order valence-electron chi connectivity index (χ1n) is 6.40. The van der Waals surface area contributed by atoms with E-state index < -0.39 is 0 Å². The Hall–Kier alpha value is -2.42. The van der Waals surface area contributed by atoms with Crippen LogP contribution in [0.1, 0.15) is 5.56 Å². The minimum atomic E-state index is 0.471. The van der Waals surface area contributed by atoms with Crippen LogP contribution in [0.25, 0.3) is 6.08 Å². The first-order chi connectivity index (χ1) is 9.85. The van der Waals surface area contributed by atoms with E-state index in [1.165, 1.54) is 0 Å². The van der Waals surface area contributed by atoms with E-state index in [9.17, 15) is 0 Å². The molecule has 0 aliphatic heterocycles. The third-order valence-corrected chi connectivity index (χ3v) is 2.81. The van der Waals surface area contributed by atoms with Gasteiger partial charge in [-0.25, -0.2) is 0 Å². The summed E-state index contributed by atoms with van der Waals surface area (Å²) in [6.07, 6.45) is 3.99. The van der Waals surface area contributed by atoms with Crippen molar-refractivity contribution in [3.05, 3.63) is 60.2 Å². The maximum atomic E-state index is 5.70. The lowest BCUT2D eigenvalue weighted by molar-refractivity contribution is 0.307. The van der Waals surface area contributed by atoms with Gasteiger partial charge in [-0.2, -0.15) is 0 Å². The summed E-state index contributed by atoms with van der Waals surface area (Å²) in [5.41, 5.74) is 1.15. The summed E-state index contributed by atoms with van der Waals surface area (Å²) in [6.45, 7) is 0.471. The highest BCUT2D eigenvalue weighted by Crippen LogP contribution is 2.36. The molecular formula is C17H18O3. The number of methoxy groups -OCH3 is 2. The third kappa shape index (κ3) is 3.54. The summed E-state index contributed by atoms with van der Waals surface area (Å²) in [7, 11) is 3.21. The van der Waals surface area contributed by atoms with Crippen LogP contribution in [0.4, 0.5) is 0 Å². The molecule has 0 aliphatic carbocycles. The lowest BCUT2D eigenvalue weighted by Crippen LogP contribution is -1.98. The van der Waals surface area contributed by atoms with Crippen LogP contribution in [0.2, 0.25) is 0 Å². The van der Waals surface area contributed by atoms with E-state index in [0.29, 0.717) is 23.9 Å². The molecule has 0 radical (unpaired) electrons. The van der Waals surface area contributed by atoms with Gasteiger partial charge in [0, 0.05) is 0 Å². The van der Waals surface area contributed by atoms with Gasteiger partial charge in [-0.15, -0.1) is 0 Å². The Morgan fingerprint density at radius 3 is 2.30 bits per heavy atom. The van der Waals surface area contributed by atoms with E-state index in [4.69, 9.17) is 14.2 Å². The van der Waals surface area contributed by atoms with Crippen LogP contribution in [0.3, 0.4) is 0 Å². The molecule has 0 amide bonds. The molecule has 0 aromatic heterocycles. The van der Waals surface area contributed by atoms with Crippen molar-refractivity contribution in [3.63, 3.8) is 0 Å². The van der Waals surface area contributed by atoms with Gasteiger partial charge in [0.25, 0.3) is 0 Å². The van der Waals surface area contributed by atoms with Crippen LogP contribution in [0.15, 0.2) is 54.6 Å². The predicted molar refractivity (Wildman–Crippen MR) is 80.5 cm³/mol. The van der Waals surface area contributed by atoms with Crippen LogP contribution in [-0.4, -0.2) is 20.8 Å². The van der Waals surface area contributed by atoms with Crippen molar-refractivity contribution in [2.24, 2.45) is 0 Å². The molecule has 2 rings (SSSR count). The van der Waals surface area contributed by atoms with Gasteiger partial charge < -0.3 is 14.2 Å². The third-order valence-electron chi connectivity index (χ3n) is 2.81. The molecule has 2 aromatic carbocycles. The Labute approximate surface area is 119 Å². The monoisotopic (exact) mass is 270 g/mol. The van der Waals surface area contributed by atoms with Crippen LogP contribution < -0.4 is 14.2 Å². The van der Waals surface area contributed by atoms with Crippen molar-refractivity contribution in [2.75, 3.05) is 20.8 Å². The molecule has 20 heavy (non-hydrogen) atoms. The number of ether oxygens (including phenoxy) is 3. The number of para-hydroxylation sites is 1. The second-order valence-electron chi connectivity index (χ2n) is 4.12. The fourth-order valence-electron chi connectivity index (χ4n) is 1.86. The second kappa shape index (κ2) is 7.24. The summed E-state index contributed by atoms with van der Waals surface area (Å²) >= 11 is 0. The highest BCUT2D eigenvalue weighted by atomic mass is 16.5. The minimum absolute atomic E-state index is 0.471. The molecule has 0 aliphatic rings. The average Bonchev–Trinajstić information content (AvgIpc) is 2.52. The standard InChI is InChI=1S/C17H18O3/c1-18-15-11-6-12-16(17(15)19-2)20-13-7-10-14-8-4-3-5-9-14/h3-12H,13H2,1-2H3. The number of rotatable bonds is 6. The highest BCUT2D eigenvalue weighted by molar-refractivity contribution is 5.52. The molecule has 0 N–H and O–H groups in total. The van der Waals surface area contributed by atoms with Gasteiger partial charge in [0.15, 0.2) is 11.5 Å².